The van der Waals surface area contributed by atoms with Crippen LogP contribution in [0.2, 0.25) is 0 Å². The van der Waals surface area contributed by atoms with E-state index in [2.05, 4.69) is 15.2 Å². The van der Waals surface area contributed by atoms with Crippen LogP contribution in [0, 0.1) is 6.92 Å². The van der Waals surface area contributed by atoms with Crippen molar-refractivity contribution in [1.82, 2.24) is 25.0 Å². The highest BCUT2D eigenvalue weighted by atomic mass is 16.2. The number of rotatable bonds is 4. The number of pyridine rings is 1. The van der Waals surface area contributed by atoms with Crippen LogP contribution in [0.5, 0.6) is 0 Å². The van der Waals surface area contributed by atoms with E-state index in [1.807, 2.05) is 19.1 Å². The van der Waals surface area contributed by atoms with Gasteiger partial charge >= 0.3 is 6.03 Å². The maximum absolute atomic E-state index is 12.3. The van der Waals surface area contributed by atoms with Crippen molar-refractivity contribution in [3.8, 4) is 0 Å². The lowest BCUT2D eigenvalue weighted by molar-refractivity contribution is -0.133. The van der Waals surface area contributed by atoms with E-state index >= 15 is 0 Å². The molecule has 1 N–H and O–H groups in total. The molecule has 0 aliphatic carbocycles. The molecule has 3 heterocycles. The number of nitrogens with zero attached hydrogens (tertiary/aromatic N) is 4. The second kappa shape index (κ2) is 6.96. The Hall–Kier alpha value is -2.48. The normalized spacial score (nSPS) is 18.9. The number of piperazine rings is 1. The quantitative estimate of drug-likeness (QED) is 0.758. The maximum Gasteiger partial charge on any atom is 0.325 e. The van der Waals surface area contributed by atoms with E-state index in [0.29, 0.717) is 13.1 Å². The van der Waals surface area contributed by atoms with Gasteiger partial charge in [0.05, 0.1) is 5.69 Å². The molecule has 8 nitrogen and oxygen atoms in total. The van der Waals surface area contributed by atoms with Crippen LogP contribution in [0.1, 0.15) is 11.3 Å². The standard InChI is InChI=1S/C16H21N5O3/c1-12-3-2-4-17-13(12)9-19-5-7-20(8-6-19)15(23)11-21-10-14(22)18-16(21)24/h2-4H,5-11H2,1H3,(H,18,22,24). The smallest absolute Gasteiger partial charge is 0.325 e. The number of imide groups is 1. The molecule has 2 fully saturated rings. The molecule has 128 valence electrons. The summed E-state index contributed by atoms with van der Waals surface area (Å²) in [7, 11) is 0. The predicted octanol–water partition coefficient (Wildman–Crippen LogP) is -0.414. The number of amides is 4. The Morgan fingerprint density at radius 3 is 2.62 bits per heavy atom. The average Bonchev–Trinajstić information content (AvgIpc) is 2.88. The number of hydrogen-bond acceptors (Lipinski definition) is 5. The molecule has 0 bridgehead atoms. The molecule has 2 aliphatic heterocycles. The van der Waals surface area contributed by atoms with E-state index in [1.54, 1.807) is 11.1 Å². The van der Waals surface area contributed by atoms with Crippen LogP contribution in [-0.2, 0) is 16.1 Å². The lowest BCUT2D eigenvalue weighted by Crippen LogP contribution is -2.51. The van der Waals surface area contributed by atoms with Crippen LogP contribution in [0.25, 0.3) is 0 Å². The fraction of sp³-hybridized carbons (Fsp3) is 0.500. The number of nitrogens with one attached hydrogen (secondary N) is 1. The van der Waals surface area contributed by atoms with Crippen molar-refractivity contribution in [2.75, 3.05) is 39.3 Å². The first-order chi connectivity index (χ1) is 11.5. The van der Waals surface area contributed by atoms with Crippen molar-refractivity contribution in [1.29, 1.82) is 0 Å². The first-order valence-electron chi connectivity index (χ1n) is 8.02. The van der Waals surface area contributed by atoms with Gasteiger partial charge in [-0.2, -0.15) is 0 Å². The maximum atomic E-state index is 12.3. The van der Waals surface area contributed by atoms with Crippen molar-refractivity contribution in [3.63, 3.8) is 0 Å². The molecule has 1 aromatic rings. The second-order valence-corrected chi connectivity index (χ2v) is 6.13. The lowest BCUT2D eigenvalue weighted by Gasteiger charge is -2.35. The summed E-state index contributed by atoms with van der Waals surface area (Å²) < 4.78 is 0. The van der Waals surface area contributed by atoms with Crippen molar-refractivity contribution in [2.45, 2.75) is 13.5 Å². The van der Waals surface area contributed by atoms with Crippen LogP contribution >= 0.6 is 0 Å². The predicted molar refractivity (Wildman–Crippen MR) is 85.9 cm³/mol. The summed E-state index contributed by atoms with van der Waals surface area (Å²) >= 11 is 0. The van der Waals surface area contributed by atoms with Gasteiger partial charge in [-0.3, -0.25) is 24.8 Å². The molecule has 0 radical (unpaired) electrons. The Morgan fingerprint density at radius 1 is 1.25 bits per heavy atom. The number of aromatic nitrogens is 1. The van der Waals surface area contributed by atoms with E-state index < -0.39 is 6.03 Å². The number of carbonyl (C=O) groups excluding carboxylic acids is 3. The van der Waals surface area contributed by atoms with Gasteiger partial charge in [-0.05, 0) is 18.6 Å². The van der Waals surface area contributed by atoms with Gasteiger partial charge < -0.3 is 9.80 Å². The van der Waals surface area contributed by atoms with Crippen LogP contribution in [-0.4, -0.2) is 76.8 Å². The highest BCUT2D eigenvalue weighted by Gasteiger charge is 2.30. The molecule has 3 rings (SSSR count). The Morgan fingerprint density at radius 2 is 2.00 bits per heavy atom. The third-order valence-corrected chi connectivity index (χ3v) is 4.41. The van der Waals surface area contributed by atoms with Crippen molar-refractivity contribution >= 4 is 17.8 Å². The van der Waals surface area contributed by atoms with Gasteiger partial charge in [-0.1, -0.05) is 6.07 Å². The SMILES string of the molecule is Cc1cccnc1CN1CCN(C(=O)CN2CC(=O)NC2=O)CC1. The largest absolute Gasteiger partial charge is 0.339 e. The van der Waals surface area contributed by atoms with Crippen molar-refractivity contribution in [3.05, 3.63) is 29.6 Å². The number of urea groups is 1. The zero-order valence-electron chi connectivity index (χ0n) is 13.7. The summed E-state index contributed by atoms with van der Waals surface area (Å²) in [6, 6.07) is 3.48. The van der Waals surface area contributed by atoms with E-state index in [4.69, 9.17) is 0 Å². The summed E-state index contributed by atoms with van der Waals surface area (Å²) in [5.41, 5.74) is 2.23. The molecular weight excluding hydrogens is 310 g/mol. The minimum atomic E-state index is -0.488. The summed E-state index contributed by atoms with van der Waals surface area (Å²) in [6.07, 6.45) is 1.80. The fourth-order valence-corrected chi connectivity index (χ4v) is 2.93. The highest BCUT2D eigenvalue weighted by Crippen LogP contribution is 2.11. The number of carbonyl (C=O) groups is 3. The molecular formula is C16H21N5O3. The Balaban J connectivity index is 1.48. The van der Waals surface area contributed by atoms with Crippen LogP contribution in [0.15, 0.2) is 18.3 Å². The van der Waals surface area contributed by atoms with E-state index in [0.717, 1.165) is 25.3 Å². The number of hydrogen-bond donors (Lipinski definition) is 1. The monoisotopic (exact) mass is 331 g/mol. The second-order valence-electron chi connectivity index (χ2n) is 6.13. The number of aryl methyl sites for hydroxylation is 1. The van der Waals surface area contributed by atoms with E-state index in [1.165, 1.54) is 10.5 Å². The van der Waals surface area contributed by atoms with Crippen molar-refractivity contribution < 1.29 is 14.4 Å². The first kappa shape index (κ1) is 16.4. The first-order valence-corrected chi connectivity index (χ1v) is 8.02. The minimum absolute atomic E-state index is 0.0382. The van der Waals surface area contributed by atoms with Gasteiger partial charge in [0.15, 0.2) is 0 Å². The molecule has 0 saturated carbocycles. The van der Waals surface area contributed by atoms with Gasteiger partial charge in [0.1, 0.15) is 13.1 Å². The summed E-state index contributed by atoms with van der Waals surface area (Å²) in [6.45, 7) is 5.52. The molecule has 2 aliphatic rings. The zero-order chi connectivity index (χ0) is 17.1. The minimum Gasteiger partial charge on any atom is -0.339 e. The molecule has 24 heavy (non-hydrogen) atoms. The van der Waals surface area contributed by atoms with Gasteiger partial charge in [0.2, 0.25) is 11.8 Å². The molecule has 2 saturated heterocycles. The molecule has 4 amide bonds. The van der Waals surface area contributed by atoms with E-state index in [9.17, 15) is 14.4 Å². The highest BCUT2D eigenvalue weighted by molar-refractivity contribution is 6.03. The average molecular weight is 331 g/mol. The van der Waals surface area contributed by atoms with Crippen LogP contribution < -0.4 is 5.32 Å². The molecule has 0 spiro atoms. The van der Waals surface area contributed by atoms with Crippen LogP contribution in [0.3, 0.4) is 0 Å². The van der Waals surface area contributed by atoms with Gasteiger partial charge in [0.25, 0.3) is 0 Å². The third kappa shape index (κ3) is 3.70. The van der Waals surface area contributed by atoms with Gasteiger partial charge in [0, 0.05) is 38.9 Å². The fourth-order valence-electron chi connectivity index (χ4n) is 2.93. The molecule has 0 unspecified atom stereocenters. The summed E-state index contributed by atoms with van der Waals surface area (Å²) in [4.78, 5) is 44.6. The third-order valence-electron chi connectivity index (χ3n) is 4.41. The molecule has 0 aromatic carbocycles. The Labute approximate surface area is 140 Å². The Kier molecular flexibility index (Phi) is 4.75. The summed E-state index contributed by atoms with van der Waals surface area (Å²) in [5, 5.41) is 2.18. The van der Waals surface area contributed by atoms with Gasteiger partial charge in [-0.25, -0.2) is 4.79 Å². The topological polar surface area (TPSA) is 85.8 Å². The lowest BCUT2D eigenvalue weighted by atomic mass is 10.2. The Bertz CT molecular complexity index is 655. The summed E-state index contributed by atoms with van der Waals surface area (Å²) in [5.74, 6) is -0.475. The molecule has 8 heteroatoms. The van der Waals surface area contributed by atoms with Crippen LogP contribution in [0.4, 0.5) is 4.79 Å². The van der Waals surface area contributed by atoms with Gasteiger partial charge in [-0.15, -0.1) is 0 Å². The zero-order valence-corrected chi connectivity index (χ0v) is 13.7. The van der Waals surface area contributed by atoms with Crippen molar-refractivity contribution in [2.24, 2.45) is 0 Å². The molecule has 1 aromatic heterocycles. The molecule has 0 atom stereocenters. The van der Waals surface area contributed by atoms with E-state index in [-0.39, 0.29) is 24.9 Å².